The van der Waals surface area contributed by atoms with E-state index < -0.39 is 9.84 Å². The molecule has 34 heavy (non-hydrogen) atoms. The Balaban J connectivity index is 1.61. The van der Waals surface area contributed by atoms with E-state index in [-0.39, 0.29) is 10.5 Å². The molecule has 0 bridgehead atoms. The molecule has 7 nitrogen and oxygen atoms in total. The Labute approximate surface area is 205 Å². The standard InChI is InChI=1S/C25H34N4O3S2/c1-29-16-22(20-11-13-27-24(20)25(29)30)21-15-19(34(3,31)32)9-10-23(21)28-18-7-5-17(6-8-18)26-12-4-14-33-2/h9-11,13,15-18,26-28H,4-8,12,14H2,1-3H3/t17-,18-. The molecule has 0 atom stereocenters. The van der Waals surface area contributed by atoms with Crippen molar-refractivity contribution in [3.63, 3.8) is 0 Å². The summed E-state index contributed by atoms with van der Waals surface area (Å²) in [5.41, 5.74) is 2.92. The number of benzene rings is 1. The van der Waals surface area contributed by atoms with Crippen molar-refractivity contribution in [1.29, 1.82) is 0 Å². The fraction of sp³-hybridized carbons (Fsp3) is 0.480. The summed E-state index contributed by atoms with van der Waals surface area (Å²) in [5, 5.41) is 8.17. The van der Waals surface area contributed by atoms with Crippen LogP contribution < -0.4 is 16.2 Å². The SMILES string of the molecule is CSCCCN[C@H]1CC[C@H](Nc2ccc(S(C)(=O)=O)cc2-c2cn(C)c(=O)c3[nH]ccc23)CC1. The third-order valence-corrected chi connectivity index (χ3v) is 8.46. The second-order valence-corrected chi connectivity index (χ2v) is 12.2. The molecule has 3 aromatic rings. The first-order valence-corrected chi connectivity index (χ1v) is 15.1. The Morgan fingerprint density at radius 3 is 2.56 bits per heavy atom. The third-order valence-electron chi connectivity index (χ3n) is 6.65. The summed E-state index contributed by atoms with van der Waals surface area (Å²) in [6.45, 7) is 1.07. The molecule has 1 aromatic carbocycles. The minimum Gasteiger partial charge on any atom is -0.382 e. The van der Waals surface area contributed by atoms with E-state index in [0.29, 0.717) is 17.6 Å². The van der Waals surface area contributed by atoms with Crippen LogP contribution in [0.3, 0.4) is 0 Å². The van der Waals surface area contributed by atoms with Crippen LogP contribution in [-0.4, -0.2) is 54.9 Å². The number of sulfone groups is 1. The number of anilines is 1. The summed E-state index contributed by atoms with van der Waals surface area (Å²) < 4.78 is 26.2. The average molecular weight is 503 g/mol. The first kappa shape index (κ1) is 24.9. The summed E-state index contributed by atoms with van der Waals surface area (Å²) in [6.07, 6.45) is 12.5. The van der Waals surface area contributed by atoms with Gasteiger partial charge in [-0.25, -0.2) is 8.42 Å². The van der Waals surface area contributed by atoms with Crippen LogP contribution in [0.2, 0.25) is 0 Å². The van der Waals surface area contributed by atoms with E-state index in [0.717, 1.165) is 54.4 Å². The maximum absolute atomic E-state index is 12.6. The van der Waals surface area contributed by atoms with Crippen LogP contribution >= 0.6 is 11.8 Å². The molecule has 1 fully saturated rings. The molecule has 4 rings (SSSR count). The molecule has 0 amide bonds. The minimum atomic E-state index is -3.38. The molecule has 1 aliphatic carbocycles. The predicted octanol–water partition coefficient (Wildman–Crippen LogP) is 4.00. The Bertz CT molecular complexity index is 1310. The van der Waals surface area contributed by atoms with Crippen molar-refractivity contribution in [2.24, 2.45) is 7.05 Å². The van der Waals surface area contributed by atoms with Crippen molar-refractivity contribution in [3.8, 4) is 11.1 Å². The number of nitrogens with one attached hydrogen (secondary N) is 3. The van der Waals surface area contributed by atoms with E-state index in [1.54, 1.807) is 36.1 Å². The molecule has 184 valence electrons. The van der Waals surface area contributed by atoms with Gasteiger partial charge in [0.25, 0.3) is 5.56 Å². The van der Waals surface area contributed by atoms with Crippen LogP contribution in [0.5, 0.6) is 0 Å². The number of H-pyrrole nitrogens is 1. The molecule has 0 aliphatic heterocycles. The largest absolute Gasteiger partial charge is 0.382 e. The average Bonchev–Trinajstić information content (AvgIpc) is 3.30. The smallest absolute Gasteiger partial charge is 0.274 e. The number of thioether (sulfide) groups is 1. The first-order chi connectivity index (χ1) is 16.3. The Morgan fingerprint density at radius 2 is 1.85 bits per heavy atom. The molecule has 0 radical (unpaired) electrons. The van der Waals surface area contributed by atoms with Gasteiger partial charge in [0, 0.05) is 60.0 Å². The number of aryl methyl sites for hydroxylation is 1. The van der Waals surface area contributed by atoms with E-state index in [1.165, 1.54) is 18.4 Å². The van der Waals surface area contributed by atoms with E-state index >= 15 is 0 Å². The van der Waals surface area contributed by atoms with E-state index in [4.69, 9.17) is 0 Å². The molecular formula is C25H34N4O3S2. The van der Waals surface area contributed by atoms with Gasteiger partial charge in [0.1, 0.15) is 5.52 Å². The molecular weight excluding hydrogens is 468 g/mol. The van der Waals surface area contributed by atoms with Crippen molar-refractivity contribution in [3.05, 3.63) is 47.0 Å². The van der Waals surface area contributed by atoms with Crippen molar-refractivity contribution >= 4 is 38.2 Å². The lowest BCUT2D eigenvalue weighted by Crippen LogP contribution is -2.37. The van der Waals surface area contributed by atoms with E-state index in [9.17, 15) is 13.2 Å². The van der Waals surface area contributed by atoms with Crippen molar-refractivity contribution < 1.29 is 8.42 Å². The first-order valence-electron chi connectivity index (χ1n) is 11.8. The second kappa shape index (κ2) is 10.6. The van der Waals surface area contributed by atoms with Gasteiger partial charge in [-0.2, -0.15) is 11.8 Å². The van der Waals surface area contributed by atoms with E-state index in [2.05, 4.69) is 21.9 Å². The number of aromatic amines is 1. The van der Waals surface area contributed by atoms with E-state index in [1.807, 2.05) is 23.9 Å². The highest BCUT2D eigenvalue weighted by atomic mass is 32.2. The zero-order valence-corrected chi connectivity index (χ0v) is 21.7. The quantitative estimate of drug-likeness (QED) is 0.383. The van der Waals surface area contributed by atoms with Gasteiger partial charge in [0.2, 0.25) is 0 Å². The summed E-state index contributed by atoms with van der Waals surface area (Å²) in [5.74, 6) is 1.19. The fourth-order valence-corrected chi connectivity index (χ4v) is 5.85. The predicted molar refractivity (Wildman–Crippen MR) is 143 cm³/mol. The monoisotopic (exact) mass is 502 g/mol. The molecule has 0 spiro atoms. The van der Waals surface area contributed by atoms with Gasteiger partial charge in [0.15, 0.2) is 9.84 Å². The zero-order chi connectivity index (χ0) is 24.3. The van der Waals surface area contributed by atoms with Gasteiger partial charge in [-0.15, -0.1) is 0 Å². The van der Waals surface area contributed by atoms with Crippen LogP contribution in [-0.2, 0) is 16.9 Å². The zero-order valence-electron chi connectivity index (χ0n) is 20.1. The number of aromatic nitrogens is 2. The number of hydrogen-bond donors (Lipinski definition) is 3. The van der Waals surface area contributed by atoms with Crippen molar-refractivity contribution in [2.45, 2.75) is 49.1 Å². The molecule has 2 aromatic heterocycles. The van der Waals surface area contributed by atoms with Crippen molar-refractivity contribution in [1.82, 2.24) is 14.9 Å². The molecule has 1 aliphatic rings. The molecule has 3 N–H and O–H groups in total. The Hall–Kier alpha value is -2.23. The summed E-state index contributed by atoms with van der Waals surface area (Å²) in [6, 6.07) is 8.01. The molecule has 2 heterocycles. The Kier molecular flexibility index (Phi) is 7.74. The van der Waals surface area contributed by atoms with Gasteiger partial charge in [0.05, 0.1) is 4.90 Å². The highest BCUT2D eigenvalue weighted by Gasteiger charge is 2.23. The number of rotatable bonds is 9. The number of fused-ring (bicyclic) bond motifs is 1. The lowest BCUT2D eigenvalue weighted by Gasteiger charge is -2.31. The van der Waals surface area contributed by atoms with Gasteiger partial charge in [-0.05, 0) is 74.9 Å². The third kappa shape index (κ3) is 5.53. The second-order valence-electron chi connectivity index (χ2n) is 9.20. The van der Waals surface area contributed by atoms with Crippen LogP contribution in [0, 0.1) is 0 Å². The maximum Gasteiger partial charge on any atom is 0.274 e. The molecule has 9 heteroatoms. The summed E-state index contributed by atoms with van der Waals surface area (Å²) in [4.78, 5) is 15.9. The number of pyridine rings is 1. The van der Waals surface area contributed by atoms with Crippen LogP contribution in [0.1, 0.15) is 32.1 Å². The van der Waals surface area contributed by atoms with Crippen LogP contribution in [0.4, 0.5) is 5.69 Å². The normalized spacial score (nSPS) is 18.9. The van der Waals surface area contributed by atoms with Gasteiger partial charge in [-0.3, -0.25) is 4.79 Å². The van der Waals surface area contributed by atoms with Gasteiger partial charge in [-0.1, -0.05) is 0 Å². The van der Waals surface area contributed by atoms with Crippen LogP contribution in [0.25, 0.3) is 22.0 Å². The highest BCUT2D eigenvalue weighted by Crippen LogP contribution is 2.36. The van der Waals surface area contributed by atoms with Crippen LogP contribution in [0.15, 0.2) is 46.3 Å². The summed E-state index contributed by atoms with van der Waals surface area (Å²) >= 11 is 1.89. The number of nitrogens with zero attached hydrogens (tertiary/aromatic N) is 1. The number of hydrogen-bond acceptors (Lipinski definition) is 6. The Morgan fingerprint density at radius 1 is 1.12 bits per heavy atom. The van der Waals surface area contributed by atoms with Gasteiger partial charge >= 0.3 is 0 Å². The molecule has 1 saturated carbocycles. The van der Waals surface area contributed by atoms with Gasteiger partial charge < -0.3 is 20.2 Å². The maximum atomic E-state index is 12.6. The lowest BCUT2D eigenvalue weighted by atomic mass is 9.90. The van der Waals surface area contributed by atoms with Crippen molar-refractivity contribution in [2.75, 3.05) is 30.1 Å². The fourth-order valence-electron chi connectivity index (χ4n) is 4.77. The lowest BCUT2D eigenvalue weighted by molar-refractivity contribution is 0.355. The molecule has 0 unspecified atom stereocenters. The minimum absolute atomic E-state index is 0.110. The topological polar surface area (TPSA) is 96.0 Å². The molecule has 0 saturated heterocycles. The summed E-state index contributed by atoms with van der Waals surface area (Å²) in [7, 11) is -1.66. The highest BCUT2D eigenvalue weighted by molar-refractivity contribution is 7.98.